The van der Waals surface area contributed by atoms with Gasteiger partial charge in [-0.1, -0.05) is 290 Å². The third kappa shape index (κ3) is 56.2. The molecule has 0 aromatic carbocycles. The average molecular weight is 1000 g/mol. The van der Waals surface area contributed by atoms with Crippen molar-refractivity contribution < 1.29 is 42.1 Å². The zero-order valence-corrected chi connectivity index (χ0v) is 47.7. The van der Waals surface area contributed by atoms with E-state index < -0.39 is 26.5 Å². The van der Waals surface area contributed by atoms with Gasteiger partial charge in [-0.25, -0.2) is 0 Å². The Bertz CT molecular complexity index is 1130. The fraction of sp³-hybridized carbons (Fsp3) is 0.966. The summed E-state index contributed by atoms with van der Waals surface area (Å²) in [5.74, 6) is -0.808. The van der Waals surface area contributed by atoms with Gasteiger partial charge in [0.1, 0.15) is 19.8 Å². The van der Waals surface area contributed by atoms with Crippen LogP contribution in [0.4, 0.5) is 0 Å². The first-order chi connectivity index (χ1) is 33.5. The topological polar surface area (TPSA) is 111 Å². The molecular formula is C59H118NO8P. The second kappa shape index (κ2) is 51.9. The number of hydrogen-bond acceptors (Lipinski definition) is 8. The summed E-state index contributed by atoms with van der Waals surface area (Å²) < 4.78 is 34.2. The van der Waals surface area contributed by atoms with Crippen LogP contribution >= 0.6 is 7.82 Å². The van der Waals surface area contributed by atoms with Gasteiger partial charge in [0.25, 0.3) is 7.82 Å². The second-order valence-corrected chi connectivity index (χ2v) is 23.5. The van der Waals surface area contributed by atoms with Gasteiger partial charge in [-0.3, -0.25) is 14.2 Å². The largest absolute Gasteiger partial charge is 0.756 e. The molecule has 0 fully saturated rings. The third-order valence-electron chi connectivity index (χ3n) is 13.9. The zero-order chi connectivity index (χ0) is 50.6. The van der Waals surface area contributed by atoms with Crippen LogP contribution < -0.4 is 4.89 Å². The highest BCUT2D eigenvalue weighted by Crippen LogP contribution is 2.38. The van der Waals surface area contributed by atoms with Crippen LogP contribution in [0.5, 0.6) is 0 Å². The Morgan fingerprint density at radius 3 is 0.928 bits per heavy atom. The normalized spacial score (nSPS) is 13.2. The first-order valence-electron chi connectivity index (χ1n) is 30.2. The number of phosphoric ester groups is 1. The number of carbonyl (C=O) groups is 2. The highest BCUT2D eigenvalue weighted by atomic mass is 31.2. The van der Waals surface area contributed by atoms with Crippen molar-refractivity contribution in [2.24, 2.45) is 0 Å². The first-order valence-corrected chi connectivity index (χ1v) is 31.7. The molecule has 0 saturated carbocycles. The Balaban J connectivity index is 4.08. The first kappa shape index (κ1) is 68.0. The molecule has 0 aliphatic heterocycles. The molecule has 2 atom stereocenters. The molecule has 0 rings (SSSR count). The molecule has 9 nitrogen and oxygen atoms in total. The molecule has 0 aliphatic carbocycles. The van der Waals surface area contributed by atoms with E-state index >= 15 is 0 Å². The summed E-state index contributed by atoms with van der Waals surface area (Å²) in [5, 5.41) is 0. The van der Waals surface area contributed by atoms with Gasteiger partial charge in [0, 0.05) is 12.8 Å². The van der Waals surface area contributed by atoms with Crippen molar-refractivity contribution in [2.75, 3.05) is 47.5 Å². The second-order valence-electron chi connectivity index (χ2n) is 22.1. The summed E-state index contributed by atoms with van der Waals surface area (Å²) in [5.41, 5.74) is 0. The summed E-state index contributed by atoms with van der Waals surface area (Å²) in [6.45, 7) is 4.32. The van der Waals surface area contributed by atoms with Crippen molar-refractivity contribution >= 4 is 19.8 Å². The van der Waals surface area contributed by atoms with Crippen molar-refractivity contribution in [3.8, 4) is 0 Å². The van der Waals surface area contributed by atoms with Crippen molar-refractivity contribution in [2.45, 2.75) is 322 Å². The minimum Gasteiger partial charge on any atom is -0.756 e. The molecule has 2 unspecified atom stereocenters. The van der Waals surface area contributed by atoms with Gasteiger partial charge in [-0.05, 0) is 12.8 Å². The van der Waals surface area contributed by atoms with Crippen LogP contribution in [0.3, 0.4) is 0 Å². The van der Waals surface area contributed by atoms with Gasteiger partial charge in [0.05, 0.1) is 27.7 Å². The number of phosphoric acid groups is 1. The van der Waals surface area contributed by atoms with E-state index in [2.05, 4.69) is 13.8 Å². The smallest absolute Gasteiger partial charge is 0.306 e. The lowest BCUT2D eigenvalue weighted by molar-refractivity contribution is -0.870. The van der Waals surface area contributed by atoms with Gasteiger partial charge in [0.2, 0.25) is 0 Å². The lowest BCUT2D eigenvalue weighted by Crippen LogP contribution is -2.37. The van der Waals surface area contributed by atoms with E-state index in [-0.39, 0.29) is 32.0 Å². The van der Waals surface area contributed by atoms with Gasteiger partial charge >= 0.3 is 11.9 Å². The molecule has 0 bridgehead atoms. The number of rotatable bonds is 57. The minimum absolute atomic E-state index is 0.0250. The molecule has 0 amide bonds. The summed E-state index contributed by atoms with van der Waals surface area (Å²) >= 11 is 0. The highest BCUT2D eigenvalue weighted by molar-refractivity contribution is 7.45. The number of nitrogens with zero attached hydrogens (tertiary/aromatic N) is 1. The molecule has 69 heavy (non-hydrogen) atoms. The van der Waals surface area contributed by atoms with Crippen LogP contribution in [-0.2, 0) is 32.7 Å². The number of carbonyl (C=O) groups excluding carboxylic acids is 2. The Labute approximate surface area is 429 Å². The van der Waals surface area contributed by atoms with Crippen LogP contribution in [0.2, 0.25) is 0 Å². The molecule has 0 aromatic heterocycles. The number of esters is 2. The van der Waals surface area contributed by atoms with E-state index in [1.165, 1.54) is 250 Å². The number of unbranched alkanes of at least 4 members (excludes halogenated alkanes) is 43. The van der Waals surface area contributed by atoms with Crippen molar-refractivity contribution in [3.05, 3.63) is 0 Å². The maximum Gasteiger partial charge on any atom is 0.306 e. The predicted molar refractivity (Wildman–Crippen MR) is 292 cm³/mol. The van der Waals surface area contributed by atoms with E-state index in [0.717, 1.165) is 32.1 Å². The third-order valence-corrected chi connectivity index (χ3v) is 14.8. The SMILES string of the molecule is CCCCCCCCCCCCCCCCCCCCCCCCCCC(=O)OC(COC(=O)CCCCCCCCCCCCCCCCCCCCCCC)COP(=O)([O-])OCC[N+](C)(C)C. The monoisotopic (exact) mass is 1000 g/mol. The Morgan fingerprint density at radius 1 is 0.391 bits per heavy atom. The molecule has 0 aliphatic rings. The molecule has 0 N–H and O–H groups in total. The molecule has 412 valence electrons. The zero-order valence-electron chi connectivity index (χ0n) is 46.8. The lowest BCUT2D eigenvalue weighted by Gasteiger charge is -2.28. The fourth-order valence-electron chi connectivity index (χ4n) is 9.19. The van der Waals surface area contributed by atoms with E-state index in [1.54, 1.807) is 0 Å². The maximum absolute atomic E-state index is 12.8. The molecule has 0 saturated heterocycles. The molecule has 0 heterocycles. The number of hydrogen-bond donors (Lipinski definition) is 0. The maximum atomic E-state index is 12.8. The van der Waals surface area contributed by atoms with Crippen LogP contribution in [0, 0.1) is 0 Å². The molecule has 10 heteroatoms. The predicted octanol–water partition coefficient (Wildman–Crippen LogP) is 18.0. The average Bonchev–Trinajstić information content (AvgIpc) is 3.31. The standard InChI is InChI=1S/C59H118NO8P/c1-6-8-10-12-14-16-18-20-22-24-26-28-29-30-32-34-36-38-40-42-44-46-48-50-52-59(62)68-57(56-67-69(63,64)66-54-53-60(3,4)5)55-65-58(61)51-49-47-45-43-41-39-37-35-33-31-27-25-23-21-19-17-15-13-11-9-7-2/h57H,6-56H2,1-5H3. The van der Waals surface area contributed by atoms with Crippen molar-refractivity contribution in [3.63, 3.8) is 0 Å². The quantitative estimate of drug-likeness (QED) is 0.0256. The van der Waals surface area contributed by atoms with E-state index in [4.69, 9.17) is 18.5 Å². The Hall–Kier alpha value is -0.990. The highest BCUT2D eigenvalue weighted by Gasteiger charge is 2.22. The van der Waals surface area contributed by atoms with Gasteiger partial charge in [0.15, 0.2) is 6.10 Å². The number of likely N-dealkylation sites (N-methyl/N-ethyl adjacent to an activating group) is 1. The number of ether oxygens (including phenoxy) is 2. The summed E-state index contributed by atoms with van der Waals surface area (Å²) in [7, 11) is 1.19. The Morgan fingerprint density at radius 2 is 0.652 bits per heavy atom. The fourth-order valence-corrected chi connectivity index (χ4v) is 9.92. The molecule has 0 spiro atoms. The van der Waals surface area contributed by atoms with Crippen molar-refractivity contribution in [1.82, 2.24) is 0 Å². The summed E-state index contributed by atoms with van der Waals surface area (Å²) in [4.78, 5) is 37.9. The number of quaternary nitrogens is 1. The molecular weight excluding hydrogens is 882 g/mol. The van der Waals surface area contributed by atoms with E-state index in [1.807, 2.05) is 21.1 Å². The van der Waals surface area contributed by atoms with Crippen LogP contribution in [-0.4, -0.2) is 70.0 Å². The summed E-state index contributed by atoms with van der Waals surface area (Å²) in [6, 6.07) is 0. The van der Waals surface area contributed by atoms with E-state index in [0.29, 0.717) is 17.4 Å². The van der Waals surface area contributed by atoms with Gasteiger partial charge in [-0.15, -0.1) is 0 Å². The molecule has 0 radical (unpaired) electrons. The Kier molecular flexibility index (Phi) is 51.1. The van der Waals surface area contributed by atoms with Gasteiger partial charge < -0.3 is 27.9 Å². The lowest BCUT2D eigenvalue weighted by atomic mass is 10.0. The minimum atomic E-state index is -4.63. The van der Waals surface area contributed by atoms with Gasteiger partial charge in [-0.2, -0.15) is 0 Å². The summed E-state index contributed by atoms with van der Waals surface area (Å²) in [6.07, 6.45) is 58.7. The molecule has 0 aromatic rings. The van der Waals surface area contributed by atoms with E-state index in [9.17, 15) is 19.0 Å². The van der Waals surface area contributed by atoms with Crippen LogP contribution in [0.25, 0.3) is 0 Å². The van der Waals surface area contributed by atoms with Crippen molar-refractivity contribution in [1.29, 1.82) is 0 Å². The van der Waals surface area contributed by atoms with Crippen LogP contribution in [0.1, 0.15) is 316 Å². The van der Waals surface area contributed by atoms with Crippen LogP contribution in [0.15, 0.2) is 0 Å².